The number of carbonyl (C=O) groups excluding carboxylic acids is 1. The van der Waals surface area contributed by atoms with Gasteiger partial charge >= 0.3 is 5.97 Å². The molecular formula is C11H12N4O3. The van der Waals surface area contributed by atoms with Gasteiger partial charge in [-0.15, -0.1) is 0 Å². The van der Waals surface area contributed by atoms with Crippen molar-refractivity contribution in [2.75, 3.05) is 11.4 Å². The minimum atomic E-state index is -0.997. The van der Waals surface area contributed by atoms with Gasteiger partial charge in [0.1, 0.15) is 11.6 Å². The molecule has 1 unspecified atom stereocenters. The van der Waals surface area contributed by atoms with Crippen molar-refractivity contribution < 1.29 is 14.7 Å². The van der Waals surface area contributed by atoms with Gasteiger partial charge in [0.2, 0.25) is 5.91 Å². The van der Waals surface area contributed by atoms with Crippen molar-refractivity contribution in [1.82, 2.24) is 9.78 Å². The fourth-order valence-electron chi connectivity index (χ4n) is 2.16. The molecule has 1 atom stereocenters. The number of hydrogen-bond acceptors (Lipinski definition) is 4. The lowest BCUT2D eigenvalue weighted by Crippen LogP contribution is -2.28. The first-order valence-electron chi connectivity index (χ1n) is 5.42. The standard InChI is InChI=1S/C11H12N4O3/c1-6-8(4-12)10(14(2)13-6)15-5-7(11(17)18)3-9(15)16/h7H,3,5H2,1-2H3,(H,17,18). The zero-order chi connectivity index (χ0) is 13.4. The van der Waals surface area contributed by atoms with Crippen LogP contribution in [0.25, 0.3) is 0 Å². The highest BCUT2D eigenvalue weighted by Gasteiger charge is 2.37. The third kappa shape index (κ3) is 1.72. The number of rotatable bonds is 2. The fraction of sp³-hybridized carbons (Fsp3) is 0.455. The van der Waals surface area contributed by atoms with E-state index in [1.165, 1.54) is 9.58 Å². The first-order chi connectivity index (χ1) is 8.45. The number of carboxylic acid groups (broad SMARTS) is 1. The van der Waals surface area contributed by atoms with Crippen LogP contribution in [0.2, 0.25) is 0 Å². The van der Waals surface area contributed by atoms with E-state index in [1.807, 2.05) is 6.07 Å². The van der Waals surface area contributed by atoms with E-state index in [0.29, 0.717) is 17.1 Å². The Morgan fingerprint density at radius 2 is 2.28 bits per heavy atom. The van der Waals surface area contributed by atoms with Crippen molar-refractivity contribution in [1.29, 1.82) is 5.26 Å². The summed E-state index contributed by atoms with van der Waals surface area (Å²) < 4.78 is 1.44. The van der Waals surface area contributed by atoms with E-state index in [4.69, 9.17) is 10.4 Å². The van der Waals surface area contributed by atoms with E-state index < -0.39 is 11.9 Å². The molecule has 0 spiro atoms. The molecule has 0 radical (unpaired) electrons. The van der Waals surface area contributed by atoms with Crippen LogP contribution in [-0.4, -0.2) is 33.3 Å². The molecule has 0 aliphatic carbocycles. The van der Waals surface area contributed by atoms with Crippen molar-refractivity contribution in [3.05, 3.63) is 11.3 Å². The van der Waals surface area contributed by atoms with Gasteiger partial charge in [0, 0.05) is 20.0 Å². The molecule has 7 heteroatoms. The van der Waals surface area contributed by atoms with Crippen molar-refractivity contribution in [3.8, 4) is 6.07 Å². The summed E-state index contributed by atoms with van der Waals surface area (Å²) in [5, 5.41) is 22.1. The SMILES string of the molecule is Cc1nn(C)c(N2CC(C(=O)O)CC2=O)c1C#N. The lowest BCUT2D eigenvalue weighted by molar-refractivity contribution is -0.141. The quantitative estimate of drug-likeness (QED) is 0.796. The molecule has 1 N–H and O–H groups in total. The van der Waals surface area contributed by atoms with Gasteiger partial charge < -0.3 is 5.11 Å². The van der Waals surface area contributed by atoms with Gasteiger partial charge in [0.25, 0.3) is 0 Å². The number of hydrogen-bond donors (Lipinski definition) is 1. The largest absolute Gasteiger partial charge is 0.481 e. The van der Waals surface area contributed by atoms with Crippen LogP contribution in [0.15, 0.2) is 0 Å². The van der Waals surface area contributed by atoms with E-state index in [2.05, 4.69) is 5.10 Å². The van der Waals surface area contributed by atoms with Crippen molar-refractivity contribution >= 4 is 17.7 Å². The molecule has 1 saturated heterocycles. The van der Waals surface area contributed by atoms with Crippen molar-refractivity contribution in [2.45, 2.75) is 13.3 Å². The lowest BCUT2D eigenvalue weighted by Gasteiger charge is -2.16. The first-order valence-corrected chi connectivity index (χ1v) is 5.42. The Kier molecular flexibility index (Phi) is 2.79. The smallest absolute Gasteiger partial charge is 0.308 e. The highest BCUT2D eigenvalue weighted by molar-refractivity contribution is 5.99. The van der Waals surface area contributed by atoms with Crippen LogP contribution in [0.5, 0.6) is 0 Å². The maximum absolute atomic E-state index is 11.8. The van der Waals surface area contributed by atoms with E-state index in [-0.39, 0.29) is 18.9 Å². The number of anilines is 1. The van der Waals surface area contributed by atoms with Gasteiger partial charge in [-0.1, -0.05) is 0 Å². The number of aryl methyl sites for hydroxylation is 2. The second kappa shape index (κ2) is 4.14. The van der Waals surface area contributed by atoms with E-state index in [9.17, 15) is 9.59 Å². The molecule has 0 bridgehead atoms. The van der Waals surface area contributed by atoms with Crippen molar-refractivity contribution in [2.24, 2.45) is 13.0 Å². The highest BCUT2D eigenvalue weighted by Crippen LogP contribution is 2.29. The number of amides is 1. The molecule has 1 amide bonds. The molecule has 0 saturated carbocycles. The number of carbonyl (C=O) groups is 2. The predicted octanol–water partition coefficient (Wildman–Crippen LogP) is 0.0377. The molecule has 1 fully saturated rings. The molecule has 18 heavy (non-hydrogen) atoms. The van der Waals surface area contributed by atoms with E-state index in [0.717, 1.165) is 0 Å². The van der Waals surface area contributed by atoms with Gasteiger partial charge in [-0.05, 0) is 6.92 Å². The molecular weight excluding hydrogens is 236 g/mol. The summed E-state index contributed by atoms with van der Waals surface area (Å²) in [6, 6.07) is 2.00. The molecule has 2 heterocycles. The van der Waals surface area contributed by atoms with Crippen molar-refractivity contribution in [3.63, 3.8) is 0 Å². The second-order valence-corrected chi connectivity index (χ2v) is 4.26. The third-order valence-electron chi connectivity index (χ3n) is 3.03. The number of carboxylic acids is 1. The molecule has 0 aromatic carbocycles. The van der Waals surface area contributed by atoms with Crippen LogP contribution in [-0.2, 0) is 16.6 Å². The molecule has 94 valence electrons. The minimum Gasteiger partial charge on any atom is -0.481 e. The van der Waals surface area contributed by atoms with E-state index >= 15 is 0 Å². The summed E-state index contributed by atoms with van der Waals surface area (Å²) >= 11 is 0. The van der Waals surface area contributed by atoms with Crippen LogP contribution in [0, 0.1) is 24.2 Å². The Morgan fingerprint density at radius 1 is 1.61 bits per heavy atom. The Labute approximate surface area is 103 Å². The predicted molar refractivity (Wildman–Crippen MR) is 60.8 cm³/mol. The van der Waals surface area contributed by atoms with Gasteiger partial charge in [-0.2, -0.15) is 10.4 Å². The fourth-order valence-corrected chi connectivity index (χ4v) is 2.16. The summed E-state index contributed by atoms with van der Waals surface area (Å²) in [7, 11) is 1.63. The Bertz CT molecular complexity index is 570. The monoisotopic (exact) mass is 248 g/mol. The number of aromatic nitrogens is 2. The van der Waals surface area contributed by atoms with Crippen LogP contribution in [0.4, 0.5) is 5.82 Å². The summed E-state index contributed by atoms with van der Waals surface area (Å²) in [4.78, 5) is 24.1. The zero-order valence-electron chi connectivity index (χ0n) is 10.0. The number of nitrogens with zero attached hydrogens (tertiary/aromatic N) is 4. The molecule has 7 nitrogen and oxygen atoms in total. The minimum absolute atomic E-state index is 0.0373. The van der Waals surface area contributed by atoms with Crippen LogP contribution in [0.3, 0.4) is 0 Å². The molecule has 1 aromatic rings. The topological polar surface area (TPSA) is 99.2 Å². The summed E-state index contributed by atoms with van der Waals surface area (Å²) in [5.41, 5.74) is 0.846. The Balaban J connectivity index is 2.42. The molecule has 1 aliphatic rings. The van der Waals surface area contributed by atoms with Crippen LogP contribution < -0.4 is 4.90 Å². The summed E-state index contributed by atoms with van der Waals surface area (Å²) in [5.74, 6) is -1.63. The van der Waals surface area contributed by atoms with Gasteiger partial charge in [-0.25, -0.2) is 0 Å². The zero-order valence-corrected chi connectivity index (χ0v) is 10.0. The normalized spacial score (nSPS) is 19.1. The van der Waals surface area contributed by atoms with Gasteiger partial charge in [0.15, 0.2) is 5.82 Å². The molecule has 2 rings (SSSR count). The average Bonchev–Trinajstić information content (AvgIpc) is 2.79. The summed E-state index contributed by atoms with van der Waals surface area (Å²) in [6.45, 7) is 1.76. The number of nitriles is 1. The van der Waals surface area contributed by atoms with E-state index in [1.54, 1.807) is 14.0 Å². The highest BCUT2D eigenvalue weighted by atomic mass is 16.4. The summed E-state index contributed by atoms with van der Waals surface area (Å²) in [6.07, 6.45) is -0.0373. The second-order valence-electron chi connectivity index (χ2n) is 4.26. The maximum atomic E-state index is 11.8. The molecule has 1 aromatic heterocycles. The third-order valence-corrected chi connectivity index (χ3v) is 3.03. The van der Waals surface area contributed by atoms with Gasteiger partial charge in [0.05, 0.1) is 11.6 Å². The van der Waals surface area contributed by atoms with Gasteiger partial charge in [-0.3, -0.25) is 19.2 Å². The first kappa shape index (κ1) is 12.1. The Morgan fingerprint density at radius 3 is 2.78 bits per heavy atom. The Hall–Kier alpha value is -2.36. The van der Waals surface area contributed by atoms with Crippen LogP contribution >= 0.6 is 0 Å². The number of aliphatic carboxylic acids is 1. The maximum Gasteiger partial charge on any atom is 0.308 e. The lowest BCUT2D eigenvalue weighted by atomic mass is 10.1. The average molecular weight is 248 g/mol. The van der Waals surface area contributed by atoms with Crippen LogP contribution in [0.1, 0.15) is 17.7 Å². The molecule has 1 aliphatic heterocycles.